The van der Waals surface area contributed by atoms with Crippen LogP contribution in [0.2, 0.25) is 0 Å². The zero-order chi connectivity index (χ0) is 33.3. The average Bonchev–Trinajstić information content (AvgIpc) is 3.09. The first-order valence-corrected chi connectivity index (χ1v) is 16.0. The molecule has 0 saturated carbocycles. The summed E-state index contributed by atoms with van der Waals surface area (Å²) in [5, 5.41) is 32.2. The molecule has 2 aliphatic heterocycles. The molecule has 12 nitrogen and oxygen atoms in total. The van der Waals surface area contributed by atoms with Gasteiger partial charge in [-0.1, -0.05) is 55.5 Å². The van der Waals surface area contributed by atoms with Crippen LogP contribution < -0.4 is 10.2 Å². The Morgan fingerprint density at radius 1 is 0.894 bits per heavy atom. The number of non-ortho nitro benzene ring substituents is 1. The molecule has 2 saturated heterocycles. The number of carbonyl (C=O) groups excluding carboxylic acids is 1. The maximum absolute atomic E-state index is 12.1. The minimum Gasteiger partial charge on any atom is -0.481 e. The first-order valence-electron chi connectivity index (χ1n) is 16.0. The quantitative estimate of drug-likeness (QED) is 0.178. The van der Waals surface area contributed by atoms with Crippen LogP contribution in [0.15, 0.2) is 72.8 Å². The van der Waals surface area contributed by atoms with Crippen LogP contribution in [0, 0.1) is 16.0 Å². The van der Waals surface area contributed by atoms with E-state index in [1.807, 2.05) is 48.5 Å². The third-order valence-electron chi connectivity index (χ3n) is 8.90. The summed E-state index contributed by atoms with van der Waals surface area (Å²) in [6.07, 6.45) is -0.548. The van der Waals surface area contributed by atoms with E-state index in [1.54, 1.807) is 24.3 Å². The summed E-state index contributed by atoms with van der Waals surface area (Å²) < 4.78 is 13.2. The molecule has 1 amide bonds. The van der Waals surface area contributed by atoms with Gasteiger partial charge in [-0.15, -0.1) is 0 Å². The third-order valence-corrected chi connectivity index (χ3v) is 8.90. The van der Waals surface area contributed by atoms with Gasteiger partial charge in [-0.2, -0.15) is 0 Å². The average molecular weight is 647 g/mol. The number of benzene rings is 3. The summed E-state index contributed by atoms with van der Waals surface area (Å²) in [5.74, 6) is -1.06. The van der Waals surface area contributed by atoms with Gasteiger partial charge in [-0.05, 0) is 35.2 Å². The van der Waals surface area contributed by atoms with Crippen LogP contribution in [0.4, 0.5) is 11.4 Å². The molecular formula is C35H42N4O8. The number of aliphatic hydroxyl groups is 1. The number of nitro benzene ring substituents is 1. The summed E-state index contributed by atoms with van der Waals surface area (Å²) in [4.78, 5) is 38.1. The van der Waals surface area contributed by atoms with Crippen LogP contribution >= 0.6 is 0 Å². The first kappa shape index (κ1) is 34.0. The summed E-state index contributed by atoms with van der Waals surface area (Å²) in [5.41, 5.74) is 4.66. The van der Waals surface area contributed by atoms with Gasteiger partial charge in [0.1, 0.15) is 0 Å². The number of aliphatic carboxylic acids is 1. The maximum atomic E-state index is 12.1. The lowest BCUT2D eigenvalue weighted by Gasteiger charge is -2.44. The second-order valence-electron chi connectivity index (χ2n) is 12.1. The van der Waals surface area contributed by atoms with E-state index in [2.05, 4.69) is 22.0 Å². The van der Waals surface area contributed by atoms with E-state index in [9.17, 15) is 24.8 Å². The number of hydrogen-bond acceptors (Lipinski definition) is 9. The number of hydrogen-bond donors (Lipinski definition) is 3. The Morgan fingerprint density at radius 2 is 1.53 bits per heavy atom. The Balaban J connectivity index is 1.24. The predicted octanol–water partition coefficient (Wildman–Crippen LogP) is 4.57. The lowest BCUT2D eigenvalue weighted by Crippen LogP contribution is -2.51. The lowest BCUT2D eigenvalue weighted by atomic mass is 9.90. The predicted molar refractivity (Wildman–Crippen MR) is 174 cm³/mol. The van der Waals surface area contributed by atoms with Crippen molar-refractivity contribution in [3.05, 3.63) is 105 Å². The molecule has 0 spiro atoms. The molecule has 2 heterocycles. The highest BCUT2D eigenvalue weighted by molar-refractivity contribution is 5.76. The van der Waals surface area contributed by atoms with Gasteiger partial charge in [0.2, 0.25) is 5.91 Å². The molecule has 0 bridgehead atoms. The molecule has 0 unspecified atom stereocenters. The number of nitro groups is 1. The summed E-state index contributed by atoms with van der Waals surface area (Å²) >= 11 is 0. The molecule has 3 aromatic carbocycles. The molecule has 250 valence electrons. The van der Waals surface area contributed by atoms with E-state index in [4.69, 9.17) is 14.6 Å². The Bertz CT molecular complexity index is 1490. The fourth-order valence-electron chi connectivity index (χ4n) is 6.04. The smallest absolute Gasteiger partial charge is 0.303 e. The fourth-order valence-corrected chi connectivity index (χ4v) is 6.04. The SMILES string of the molecule is C[C@@H]1[C@H](CN2CCN(c3ccc([N+](=O)[O-])cc3)CC2)O[C@H](c2ccc(CNC(=O)CCCC(=O)O)cc2)O[C@@H]1c1ccc(CO)cc1. The molecule has 0 radical (unpaired) electrons. The number of carboxylic acid groups (broad SMARTS) is 1. The van der Waals surface area contributed by atoms with Gasteiger partial charge in [0.05, 0.1) is 23.7 Å². The number of amides is 1. The molecule has 3 aromatic rings. The van der Waals surface area contributed by atoms with Crippen LogP contribution in [0.5, 0.6) is 0 Å². The molecule has 4 atom stereocenters. The first-order chi connectivity index (χ1) is 22.7. The number of nitrogens with zero attached hydrogens (tertiary/aromatic N) is 3. The molecule has 0 aliphatic carbocycles. The van der Waals surface area contributed by atoms with Gasteiger partial charge >= 0.3 is 5.97 Å². The second-order valence-corrected chi connectivity index (χ2v) is 12.1. The Hall–Kier alpha value is -4.36. The van der Waals surface area contributed by atoms with Crippen LogP contribution in [0.1, 0.15) is 60.8 Å². The molecule has 5 rings (SSSR count). The highest BCUT2D eigenvalue weighted by Crippen LogP contribution is 2.42. The molecular weight excluding hydrogens is 604 g/mol. The summed E-state index contributed by atoms with van der Waals surface area (Å²) in [6.45, 7) is 6.39. The van der Waals surface area contributed by atoms with Crippen molar-refractivity contribution in [3.63, 3.8) is 0 Å². The van der Waals surface area contributed by atoms with Gasteiger partial charge in [-0.3, -0.25) is 24.6 Å². The standard InChI is InChI=1S/C35H42N4O8/c1-24-31(22-37-17-19-38(20-18-37)29-13-15-30(16-14-29)39(44)45)46-35(47-34(24)27-9-7-26(23-40)8-10-27)28-11-5-25(6-12-28)21-36-32(41)3-2-4-33(42)43/h5-16,24,31,34-35,40H,2-4,17-23H2,1H3,(H,36,41)(H,42,43)/t24-,31+,34+,35+/m1/s1. The minimum absolute atomic E-state index is 0.0310. The van der Waals surface area contributed by atoms with Crippen molar-refractivity contribution >= 4 is 23.3 Å². The van der Waals surface area contributed by atoms with Crippen molar-refractivity contribution in [3.8, 4) is 0 Å². The molecule has 0 aromatic heterocycles. The van der Waals surface area contributed by atoms with Crippen molar-refractivity contribution in [2.45, 2.75) is 57.8 Å². The van der Waals surface area contributed by atoms with Crippen molar-refractivity contribution in [1.82, 2.24) is 10.2 Å². The highest BCUT2D eigenvalue weighted by atomic mass is 16.7. The van der Waals surface area contributed by atoms with Gasteiger partial charge in [0.15, 0.2) is 6.29 Å². The largest absolute Gasteiger partial charge is 0.481 e. The lowest BCUT2D eigenvalue weighted by molar-refractivity contribution is -0.384. The Labute approximate surface area is 274 Å². The van der Waals surface area contributed by atoms with Gasteiger partial charge in [0, 0.05) is 81.4 Å². The highest BCUT2D eigenvalue weighted by Gasteiger charge is 2.39. The topological polar surface area (TPSA) is 155 Å². The number of anilines is 1. The third kappa shape index (κ3) is 9.13. The number of piperazine rings is 1. The van der Waals surface area contributed by atoms with E-state index in [1.165, 1.54) is 0 Å². The van der Waals surface area contributed by atoms with E-state index in [0.717, 1.165) is 54.1 Å². The van der Waals surface area contributed by atoms with Crippen LogP contribution in [-0.4, -0.2) is 70.7 Å². The van der Waals surface area contributed by atoms with Gasteiger partial charge < -0.3 is 29.9 Å². The number of carboxylic acids is 1. The minimum atomic E-state index is -0.913. The van der Waals surface area contributed by atoms with E-state index in [0.29, 0.717) is 19.5 Å². The van der Waals surface area contributed by atoms with Crippen molar-refractivity contribution in [2.75, 3.05) is 37.6 Å². The molecule has 3 N–H and O–H groups in total. The van der Waals surface area contributed by atoms with Crippen LogP contribution in [0.3, 0.4) is 0 Å². The van der Waals surface area contributed by atoms with Crippen molar-refractivity contribution in [2.24, 2.45) is 5.92 Å². The number of aliphatic hydroxyl groups excluding tert-OH is 1. The Morgan fingerprint density at radius 3 is 2.15 bits per heavy atom. The number of carbonyl (C=O) groups is 2. The van der Waals surface area contributed by atoms with Gasteiger partial charge in [0.25, 0.3) is 5.69 Å². The molecule has 2 aliphatic rings. The van der Waals surface area contributed by atoms with E-state index in [-0.39, 0.29) is 54.1 Å². The number of ether oxygens (including phenoxy) is 2. The Kier molecular flexibility index (Phi) is 11.5. The molecule has 12 heteroatoms. The second kappa shape index (κ2) is 16.0. The number of nitrogens with one attached hydrogen (secondary N) is 1. The van der Waals surface area contributed by atoms with Crippen molar-refractivity contribution in [1.29, 1.82) is 0 Å². The van der Waals surface area contributed by atoms with E-state index < -0.39 is 12.3 Å². The number of rotatable bonds is 13. The van der Waals surface area contributed by atoms with Crippen LogP contribution in [-0.2, 0) is 32.2 Å². The maximum Gasteiger partial charge on any atom is 0.303 e. The fraction of sp³-hybridized carbons (Fsp3) is 0.429. The van der Waals surface area contributed by atoms with Gasteiger partial charge in [-0.25, -0.2) is 0 Å². The van der Waals surface area contributed by atoms with E-state index >= 15 is 0 Å². The molecule has 47 heavy (non-hydrogen) atoms. The summed E-state index contributed by atoms with van der Waals surface area (Å²) in [6, 6.07) is 22.2. The van der Waals surface area contributed by atoms with Crippen LogP contribution in [0.25, 0.3) is 0 Å². The monoisotopic (exact) mass is 646 g/mol. The summed E-state index contributed by atoms with van der Waals surface area (Å²) in [7, 11) is 0. The van der Waals surface area contributed by atoms with Crippen molar-refractivity contribution < 1.29 is 34.2 Å². The zero-order valence-corrected chi connectivity index (χ0v) is 26.5. The zero-order valence-electron chi connectivity index (χ0n) is 26.5. The molecule has 2 fully saturated rings. The normalized spacial score (nSPS) is 21.7.